The van der Waals surface area contributed by atoms with Crippen LogP contribution in [-0.4, -0.2) is 15.9 Å². The van der Waals surface area contributed by atoms with Crippen LogP contribution in [0.2, 0.25) is 0 Å². The molecular formula is C31H47Cl3O2. The molecule has 8 unspecified atom stereocenters. The van der Waals surface area contributed by atoms with E-state index in [0.29, 0.717) is 5.41 Å². The van der Waals surface area contributed by atoms with Gasteiger partial charge in [-0.05, 0) is 97.4 Å². The van der Waals surface area contributed by atoms with Crippen molar-refractivity contribution in [2.24, 2.45) is 46.3 Å². The van der Waals surface area contributed by atoms with Gasteiger partial charge in [0.05, 0.1) is 0 Å². The van der Waals surface area contributed by atoms with Gasteiger partial charge < -0.3 is 4.74 Å². The molecule has 8 atom stereocenters. The first kappa shape index (κ1) is 28.8. The Morgan fingerprint density at radius 1 is 1.08 bits per heavy atom. The van der Waals surface area contributed by atoms with Crippen molar-refractivity contribution in [3.05, 3.63) is 23.8 Å². The molecule has 0 N–H and O–H groups in total. The monoisotopic (exact) mass is 556 g/mol. The summed E-state index contributed by atoms with van der Waals surface area (Å²) in [6.45, 7) is 12.4. The number of alkyl halides is 3. The first-order chi connectivity index (χ1) is 16.8. The molecule has 3 fully saturated rings. The predicted molar refractivity (Wildman–Crippen MR) is 152 cm³/mol. The van der Waals surface area contributed by atoms with Crippen molar-refractivity contribution in [2.45, 2.75) is 115 Å². The summed E-state index contributed by atoms with van der Waals surface area (Å²) in [7, 11) is 0. The van der Waals surface area contributed by atoms with Crippen LogP contribution in [0.1, 0.15) is 105 Å². The molecule has 0 spiro atoms. The topological polar surface area (TPSA) is 26.3 Å². The van der Waals surface area contributed by atoms with Crippen molar-refractivity contribution in [2.75, 3.05) is 0 Å². The van der Waals surface area contributed by atoms with Gasteiger partial charge in [-0.3, -0.25) is 0 Å². The van der Waals surface area contributed by atoms with Crippen LogP contribution >= 0.6 is 34.8 Å². The summed E-state index contributed by atoms with van der Waals surface area (Å²) in [5.74, 6) is 4.59. The third-order valence-electron chi connectivity index (χ3n) is 11.0. The van der Waals surface area contributed by atoms with Gasteiger partial charge in [0.2, 0.25) is 3.79 Å². The van der Waals surface area contributed by atoms with Crippen LogP contribution in [-0.2, 0) is 9.53 Å². The molecule has 0 aromatic carbocycles. The van der Waals surface area contributed by atoms with Crippen molar-refractivity contribution in [3.63, 3.8) is 0 Å². The van der Waals surface area contributed by atoms with Crippen LogP contribution in [0, 0.1) is 46.3 Å². The summed E-state index contributed by atoms with van der Waals surface area (Å²) in [4.78, 5) is 12.3. The molecule has 2 nitrogen and oxygen atoms in total. The van der Waals surface area contributed by atoms with Gasteiger partial charge in [-0.25, -0.2) is 4.79 Å². The molecule has 4 aliphatic carbocycles. The lowest BCUT2D eigenvalue weighted by atomic mass is 9.47. The van der Waals surface area contributed by atoms with E-state index < -0.39 is 9.76 Å². The zero-order valence-electron chi connectivity index (χ0n) is 23.0. The summed E-state index contributed by atoms with van der Waals surface area (Å²) >= 11 is 17.2. The Morgan fingerprint density at radius 2 is 1.83 bits per heavy atom. The van der Waals surface area contributed by atoms with Gasteiger partial charge in [0.1, 0.15) is 6.10 Å². The Balaban J connectivity index is 1.41. The van der Waals surface area contributed by atoms with Gasteiger partial charge in [-0.2, -0.15) is 0 Å². The van der Waals surface area contributed by atoms with Gasteiger partial charge in [0.25, 0.3) is 0 Å². The number of hydrogen-bond donors (Lipinski definition) is 0. The van der Waals surface area contributed by atoms with Crippen molar-refractivity contribution in [3.8, 4) is 0 Å². The Morgan fingerprint density at radius 3 is 2.53 bits per heavy atom. The molecule has 4 rings (SSSR count). The van der Waals surface area contributed by atoms with Gasteiger partial charge in [-0.15, -0.1) is 0 Å². The first-order valence-corrected chi connectivity index (χ1v) is 15.6. The number of allylic oxidation sites excluding steroid dienone is 2. The van der Waals surface area contributed by atoms with Crippen molar-refractivity contribution in [1.82, 2.24) is 0 Å². The highest BCUT2D eigenvalue weighted by Crippen LogP contribution is 2.67. The van der Waals surface area contributed by atoms with Crippen molar-refractivity contribution >= 4 is 40.8 Å². The smallest absolute Gasteiger partial charge is 0.330 e. The number of hydrogen-bond acceptors (Lipinski definition) is 2. The van der Waals surface area contributed by atoms with E-state index in [9.17, 15) is 4.79 Å². The Bertz CT molecular complexity index is 858. The molecule has 0 amide bonds. The number of carbonyl (C=O) groups is 1. The standard InChI is InChI=1S/C31H47Cl3O2/c1-20(2)7-6-8-21(3)25-11-12-26-24-10-9-22-19-23(36-28(35)15-18-31(32,33)34)13-16-29(22,4)27(24)14-17-30(25,26)5/h9,15,18,20-21,23-27H,6-8,10-14,16-17,19H2,1-5H3/b18-15+. The normalized spacial score (nSPS) is 39.4. The molecule has 0 aromatic rings. The molecule has 36 heavy (non-hydrogen) atoms. The largest absolute Gasteiger partial charge is 0.459 e. The van der Waals surface area contributed by atoms with Gasteiger partial charge in [0, 0.05) is 12.5 Å². The summed E-state index contributed by atoms with van der Waals surface area (Å²) in [5, 5.41) is 0. The van der Waals surface area contributed by atoms with Crippen molar-refractivity contribution < 1.29 is 9.53 Å². The second-order valence-corrected chi connectivity index (χ2v) is 15.8. The summed E-state index contributed by atoms with van der Waals surface area (Å²) in [6, 6.07) is 0. The maximum Gasteiger partial charge on any atom is 0.330 e. The lowest BCUT2D eigenvalue weighted by Crippen LogP contribution is -2.51. The minimum Gasteiger partial charge on any atom is -0.459 e. The Labute approximate surface area is 234 Å². The number of ether oxygens (including phenoxy) is 1. The van der Waals surface area contributed by atoms with E-state index in [1.807, 2.05) is 0 Å². The fourth-order valence-corrected chi connectivity index (χ4v) is 9.31. The van der Waals surface area contributed by atoms with Crippen LogP contribution < -0.4 is 0 Å². The summed E-state index contributed by atoms with van der Waals surface area (Å²) in [5.41, 5.74) is 2.29. The third-order valence-corrected chi connectivity index (χ3v) is 11.3. The highest BCUT2D eigenvalue weighted by Gasteiger charge is 2.59. The molecule has 5 heteroatoms. The van der Waals surface area contributed by atoms with Crippen molar-refractivity contribution in [1.29, 1.82) is 0 Å². The average Bonchev–Trinajstić information content (AvgIpc) is 3.14. The fourth-order valence-electron chi connectivity index (χ4n) is 9.12. The number of carbonyl (C=O) groups excluding carboxylic acids is 1. The van der Waals surface area contributed by atoms with Gasteiger partial charge in [-0.1, -0.05) is 100 Å². The molecule has 3 saturated carbocycles. The number of esters is 1. The second kappa shape index (κ2) is 11.1. The summed E-state index contributed by atoms with van der Waals surface area (Å²) < 4.78 is 4.17. The zero-order valence-corrected chi connectivity index (χ0v) is 25.3. The number of rotatable bonds is 7. The quantitative estimate of drug-likeness (QED) is 0.135. The number of fused-ring (bicyclic) bond motifs is 5. The van der Waals surface area contributed by atoms with Crippen LogP contribution in [0.3, 0.4) is 0 Å². The SMILES string of the molecule is CC(C)CCCC(C)C1CCC2C3CC=C4CC(OC(=O)/C=C/C(Cl)(Cl)Cl)CCC4(C)C3CCC12C. The lowest BCUT2D eigenvalue weighted by Gasteiger charge is -2.58. The molecule has 0 bridgehead atoms. The van der Waals surface area contributed by atoms with E-state index in [1.54, 1.807) is 0 Å². The van der Waals surface area contributed by atoms with Crippen LogP contribution in [0.5, 0.6) is 0 Å². The summed E-state index contributed by atoms with van der Waals surface area (Å²) in [6.07, 6.45) is 18.8. The molecular weight excluding hydrogens is 511 g/mol. The molecule has 0 saturated heterocycles. The second-order valence-electron chi connectivity index (χ2n) is 13.5. The molecule has 0 aliphatic heterocycles. The maximum absolute atomic E-state index is 12.3. The molecule has 0 radical (unpaired) electrons. The zero-order chi connectivity index (χ0) is 26.3. The van der Waals surface area contributed by atoms with Crippen LogP contribution in [0.25, 0.3) is 0 Å². The maximum atomic E-state index is 12.3. The van der Waals surface area contributed by atoms with Gasteiger partial charge >= 0.3 is 5.97 Å². The minimum atomic E-state index is -1.58. The molecule has 4 aliphatic rings. The van der Waals surface area contributed by atoms with E-state index in [2.05, 4.69) is 40.7 Å². The van der Waals surface area contributed by atoms with Crippen LogP contribution in [0.4, 0.5) is 0 Å². The third kappa shape index (κ3) is 6.02. The first-order valence-electron chi connectivity index (χ1n) is 14.5. The highest BCUT2D eigenvalue weighted by atomic mass is 35.6. The fraction of sp³-hybridized carbons (Fsp3) is 0.839. The number of halogens is 3. The Hall–Kier alpha value is -0.180. The minimum absolute atomic E-state index is 0.0789. The molecule has 0 heterocycles. The average molecular weight is 558 g/mol. The van der Waals surface area contributed by atoms with E-state index in [0.717, 1.165) is 54.8 Å². The van der Waals surface area contributed by atoms with E-state index >= 15 is 0 Å². The van der Waals surface area contributed by atoms with Gasteiger partial charge in [0.15, 0.2) is 0 Å². The predicted octanol–water partition coefficient (Wildman–Crippen LogP) is 9.87. The van der Waals surface area contributed by atoms with E-state index in [1.165, 1.54) is 69.1 Å². The van der Waals surface area contributed by atoms with E-state index in [-0.39, 0.29) is 11.5 Å². The van der Waals surface area contributed by atoms with E-state index in [4.69, 9.17) is 39.5 Å². The highest BCUT2D eigenvalue weighted by molar-refractivity contribution is 6.69. The van der Waals surface area contributed by atoms with Crippen LogP contribution in [0.15, 0.2) is 23.8 Å². The molecule has 204 valence electrons. The Kier molecular flexibility index (Phi) is 8.91. The lowest BCUT2D eigenvalue weighted by molar-refractivity contribution is -0.145. The molecule has 0 aromatic heterocycles.